The fourth-order valence-corrected chi connectivity index (χ4v) is 5.45. The Hall–Kier alpha value is -2.90. The van der Waals surface area contributed by atoms with E-state index in [-0.39, 0.29) is 24.3 Å². The monoisotopic (exact) mass is 398 g/mol. The molecule has 1 aliphatic heterocycles. The van der Waals surface area contributed by atoms with Crippen LogP contribution in [0.5, 0.6) is 0 Å². The number of aromatic nitrogens is 2. The van der Waals surface area contributed by atoms with Gasteiger partial charge in [-0.05, 0) is 43.6 Å². The lowest BCUT2D eigenvalue weighted by molar-refractivity contribution is -0.149. The summed E-state index contributed by atoms with van der Waals surface area (Å²) in [6.45, 7) is 0.628. The van der Waals surface area contributed by atoms with Crippen molar-refractivity contribution in [1.29, 1.82) is 0 Å². The molecule has 29 heavy (non-hydrogen) atoms. The Morgan fingerprint density at radius 3 is 2.76 bits per heavy atom. The number of carboxylic acid groups (broad SMARTS) is 1. The van der Waals surface area contributed by atoms with Crippen molar-refractivity contribution in [2.24, 2.45) is 17.8 Å². The Bertz CT molecular complexity index is 1010. The van der Waals surface area contributed by atoms with Gasteiger partial charge in [-0.15, -0.1) is 0 Å². The van der Waals surface area contributed by atoms with Gasteiger partial charge in [0.1, 0.15) is 11.5 Å². The lowest BCUT2D eigenvalue weighted by Gasteiger charge is -2.48. The summed E-state index contributed by atoms with van der Waals surface area (Å²) >= 11 is 0. The number of aliphatic carboxylic acids is 1. The van der Waals surface area contributed by atoms with Crippen molar-refractivity contribution in [2.45, 2.75) is 31.7 Å². The minimum atomic E-state index is -0.755. The topological polar surface area (TPSA) is 98.3 Å². The molecule has 3 N–H and O–H groups in total. The van der Waals surface area contributed by atoms with E-state index in [1.165, 1.54) is 6.07 Å². The first-order valence-electron chi connectivity index (χ1n) is 10.1. The van der Waals surface area contributed by atoms with Crippen molar-refractivity contribution in [3.05, 3.63) is 36.1 Å². The molecule has 3 heterocycles. The largest absolute Gasteiger partial charge is 0.481 e. The Morgan fingerprint density at radius 1 is 1.24 bits per heavy atom. The quantitative estimate of drug-likeness (QED) is 0.732. The maximum atomic E-state index is 13.7. The second-order valence-corrected chi connectivity index (χ2v) is 8.42. The van der Waals surface area contributed by atoms with Crippen LogP contribution in [0, 0.1) is 23.6 Å². The highest BCUT2D eigenvalue weighted by atomic mass is 19.1. The number of nitrogens with one attached hydrogen (secondary N) is 2. The first-order chi connectivity index (χ1) is 14.0. The van der Waals surface area contributed by atoms with Gasteiger partial charge >= 0.3 is 5.97 Å². The van der Waals surface area contributed by atoms with Crippen molar-refractivity contribution in [2.75, 3.05) is 18.0 Å². The molecule has 0 amide bonds. The predicted molar refractivity (Wildman–Crippen MR) is 105 cm³/mol. The lowest BCUT2D eigenvalue weighted by atomic mass is 9.61. The van der Waals surface area contributed by atoms with Gasteiger partial charge in [0, 0.05) is 29.4 Å². The van der Waals surface area contributed by atoms with Crippen LogP contribution in [0.25, 0.3) is 11.0 Å². The standard InChI is InChI=1S/C21H23FN4O3/c22-13-5-16-17(8-24-20(16)23-7-13)26-9-14(6-15(27)10-26)25-19-12-3-1-11(2-4-12)18(19)21(28)29/h5-8,11-12,18-19,25H,1-4,9-10H2,(H,23,24)(H,28,29)/t11?,12?,18-,19?/m0/s1. The van der Waals surface area contributed by atoms with Crippen LogP contribution >= 0.6 is 0 Å². The van der Waals surface area contributed by atoms with Gasteiger partial charge in [0.25, 0.3) is 0 Å². The number of rotatable bonds is 4. The van der Waals surface area contributed by atoms with Crippen molar-refractivity contribution in [1.82, 2.24) is 15.3 Å². The average Bonchev–Trinajstić information content (AvgIpc) is 3.11. The first-order valence-corrected chi connectivity index (χ1v) is 10.1. The van der Waals surface area contributed by atoms with Gasteiger partial charge in [0.15, 0.2) is 5.78 Å². The number of hydrogen-bond acceptors (Lipinski definition) is 5. The summed E-state index contributed by atoms with van der Waals surface area (Å²) in [6.07, 6.45) is 8.48. The molecule has 0 radical (unpaired) electrons. The number of ketones is 1. The van der Waals surface area contributed by atoms with Crippen molar-refractivity contribution >= 4 is 28.5 Å². The number of carbonyl (C=O) groups is 2. The fraction of sp³-hybridized carbons (Fsp3) is 0.476. The lowest BCUT2D eigenvalue weighted by Crippen LogP contribution is -2.55. The molecule has 4 aliphatic rings. The van der Waals surface area contributed by atoms with Crippen LogP contribution in [0.15, 0.2) is 30.2 Å². The van der Waals surface area contributed by atoms with Gasteiger partial charge in [0.05, 0.1) is 30.9 Å². The van der Waals surface area contributed by atoms with Crippen LogP contribution < -0.4 is 10.2 Å². The van der Waals surface area contributed by atoms with E-state index < -0.39 is 17.7 Å². The molecule has 3 aliphatic carbocycles. The van der Waals surface area contributed by atoms with Gasteiger partial charge in [-0.25, -0.2) is 9.37 Å². The first kappa shape index (κ1) is 18.1. The SMILES string of the molecule is O=C1C=C(NC2C3CCC(CC3)[C@@H]2C(=O)O)CN(c2c[nH]c3ncc(F)cc23)C1. The zero-order valence-electron chi connectivity index (χ0n) is 15.9. The Labute approximate surface area is 167 Å². The molecule has 1 unspecified atom stereocenters. The molecule has 0 aromatic carbocycles. The zero-order chi connectivity index (χ0) is 20.1. The molecule has 2 aromatic heterocycles. The van der Waals surface area contributed by atoms with E-state index in [2.05, 4.69) is 15.3 Å². The van der Waals surface area contributed by atoms with Crippen LogP contribution in [0.4, 0.5) is 10.1 Å². The molecule has 3 saturated carbocycles. The summed E-state index contributed by atoms with van der Waals surface area (Å²) < 4.78 is 13.7. The average molecular weight is 398 g/mol. The number of carbonyl (C=O) groups excluding carboxylic acids is 1. The highest BCUT2D eigenvalue weighted by molar-refractivity contribution is 5.99. The molecule has 8 heteroatoms. The van der Waals surface area contributed by atoms with E-state index in [1.54, 1.807) is 12.3 Å². The molecule has 2 aromatic rings. The molecule has 0 spiro atoms. The summed E-state index contributed by atoms with van der Waals surface area (Å²) in [7, 11) is 0. The predicted octanol–water partition coefficient (Wildman–Crippen LogP) is 2.45. The number of halogens is 1. The van der Waals surface area contributed by atoms with Crippen LogP contribution in [-0.2, 0) is 9.59 Å². The van der Waals surface area contributed by atoms with Gasteiger partial charge in [-0.2, -0.15) is 0 Å². The molecular formula is C21H23FN4O3. The Kier molecular flexibility index (Phi) is 4.29. The Morgan fingerprint density at radius 2 is 2.00 bits per heavy atom. The molecule has 7 nitrogen and oxygen atoms in total. The molecule has 152 valence electrons. The zero-order valence-corrected chi connectivity index (χ0v) is 15.9. The summed E-state index contributed by atoms with van der Waals surface area (Å²) in [5.41, 5.74) is 2.00. The minimum absolute atomic E-state index is 0.0645. The minimum Gasteiger partial charge on any atom is -0.481 e. The number of hydrogen-bond donors (Lipinski definition) is 3. The number of pyridine rings is 1. The van der Waals surface area contributed by atoms with Crippen molar-refractivity contribution < 1.29 is 19.1 Å². The maximum absolute atomic E-state index is 13.7. The van der Waals surface area contributed by atoms with Crippen molar-refractivity contribution in [3.63, 3.8) is 0 Å². The number of H-pyrrole nitrogens is 1. The molecule has 6 rings (SSSR count). The number of aromatic amines is 1. The number of anilines is 1. The molecule has 2 bridgehead atoms. The fourth-order valence-electron chi connectivity index (χ4n) is 5.45. The smallest absolute Gasteiger partial charge is 0.308 e. The normalized spacial score (nSPS) is 29.2. The third kappa shape index (κ3) is 3.16. The van der Waals surface area contributed by atoms with Crippen LogP contribution in [-0.4, -0.2) is 46.0 Å². The molecule has 2 atom stereocenters. The van der Waals surface area contributed by atoms with Gasteiger partial charge < -0.3 is 20.3 Å². The second kappa shape index (κ2) is 6.86. The van der Waals surface area contributed by atoms with E-state index >= 15 is 0 Å². The van der Waals surface area contributed by atoms with E-state index in [1.807, 2.05) is 4.90 Å². The van der Waals surface area contributed by atoms with Gasteiger partial charge in [0.2, 0.25) is 0 Å². The van der Waals surface area contributed by atoms with E-state index in [4.69, 9.17) is 0 Å². The highest BCUT2D eigenvalue weighted by Crippen LogP contribution is 2.45. The van der Waals surface area contributed by atoms with Crippen LogP contribution in [0.2, 0.25) is 0 Å². The molecule has 3 fully saturated rings. The second-order valence-electron chi connectivity index (χ2n) is 8.42. The highest BCUT2D eigenvalue weighted by Gasteiger charge is 2.47. The van der Waals surface area contributed by atoms with Gasteiger partial charge in [-0.1, -0.05) is 0 Å². The van der Waals surface area contributed by atoms with E-state index in [0.29, 0.717) is 29.2 Å². The van der Waals surface area contributed by atoms with E-state index in [0.717, 1.165) is 37.6 Å². The van der Waals surface area contributed by atoms with E-state index in [9.17, 15) is 19.1 Å². The maximum Gasteiger partial charge on any atom is 0.308 e. The van der Waals surface area contributed by atoms with Crippen LogP contribution in [0.3, 0.4) is 0 Å². The summed E-state index contributed by atoms with van der Waals surface area (Å²) in [6, 6.07) is 1.26. The Balaban J connectivity index is 1.40. The summed E-state index contributed by atoms with van der Waals surface area (Å²) in [4.78, 5) is 33.3. The molecular weight excluding hydrogens is 375 g/mol. The third-order valence-corrected chi connectivity index (χ3v) is 6.72. The number of nitrogens with zero attached hydrogens (tertiary/aromatic N) is 2. The van der Waals surface area contributed by atoms with Gasteiger partial charge in [-0.3, -0.25) is 9.59 Å². The van der Waals surface area contributed by atoms with Crippen LogP contribution in [0.1, 0.15) is 25.7 Å². The summed E-state index contributed by atoms with van der Waals surface area (Å²) in [5.74, 6) is -1.15. The molecule has 0 saturated heterocycles. The van der Waals surface area contributed by atoms with Crippen molar-refractivity contribution in [3.8, 4) is 0 Å². The third-order valence-electron chi connectivity index (χ3n) is 6.72. The summed E-state index contributed by atoms with van der Waals surface area (Å²) in [5, 5.41) is 13.8. The number of carboxylic acids is 1. The number of fused-ring (bicyclic) bond motifs is 4.